The van der Waals surface area contributed by atoms with E-state index in [0.717, 1.165) is 22.5 Å². The minimum Gasteiger partial charge on any atom is -0.368 e. The van der Waals surface area contributed by atoms with Crippen LogP contribution in [0.15, 0.2) is 54.2 Å². The van der Waals surface area contributed by atoms with Crippen molar-refractivity contribution in [2.45, 2.75) is 13.8 Å². The van der Waals surface area contributed by atoms with Crippen LogP contribution in [-0.2, 0) is 4.79 Å². The van der Waals surface area contributed by atoms with Crippen LogP contribution in [0.25, 0.3) is 0 Å². The Hall–Kier alpha value is -3.33. The lowest BCUT2D eigenvalue weighted by atomic mass is 10.1. The largest absolute Gasteiger partial charge is 0.368 e. The number of carbonyl (C=O) groups is 1. The van der Waals surface area contributed by atoms with Crippen molar-refractivity contribution in [2.24, 2.45) is 0 Å². The van der Waals surface area contributed by atoms with E-state index in [1.54, 1.807) is 17.0 Å². The van der Waals surface area contributed by atoms with Crippen molar-refractivity contribution in [3.05, 3.63) is 71.2 Å². The van der Waals surface area contributed by atoms with Gasteiger partial charge >= 0.3 is 0 Å². The van der Waals surface area contributed by atoms with Crippen LogP contribution in [0.5, 0.6) is 0 Å². The highest BCUT2D eigenvalue weighted by Gasteiger charge is 2.24. The molecule has 1 N–H and O–H groups in total. The van der Waals surface area contributed by atoms with Gasteiger partial charge in [-0.25, -0.2) is 4.39 Å². The summed E-state index contributed by atoms with van der Waals surface area (Å²) in [5, 5.41) is 12.6. The van der Waals surface area contributed by atoms with Crippen molar-refractivity contribution in [3.8, 4) is 6.07 Å². The Kier molecular flexibility index (Phi) is 5.95. The van der Waals surface area contributed by atoms with Gasteiger partial charge in [0.05, 0.1) is 0 Å². The summed E-state index contributed by atoms with van der Waals surface area (Å²) in [5.74, 6) is -0.544. The van der Waals surface area contributed by atoms with Gasteiger partial charge in [0, 0.05) is 43.8 Å². The Morgan fingerprint density at radius 1 is 1.07 bits per heavy atom. The number of hydrogen-bond acceptors (Lipinski definition) is 4. The first kappa shape index (κ1) is 19.4. The summed E-state index contributed by atoms with van der Waals surface area (Å²) < 4.78 is 13.1. The van der Waals surface area contributed by atoms with Gasteiger partial charge in [-0.05, 0) is 49.2 Å². The van der Waals surface area contributed by atoms with Crippen molar-refractivity contribution >= 4 is 17.3 Å². The average molecular weight is 378 g/mol. The fraction of sp³-hybridized carbons (Fsp3) is 0.273. The number of hydrogen-bond donors (Lipinski definition) is 1. The fourth-order valence-electron chi connectivity index (χ4n) is 3.32. The van der Waals surface area contributed by atoms with Gasteiger partial charge in [0.1, 0.15) is 17.5 Å². The van der Waals surface area contributed by atoms with Gasteiger partial charge < -0.3 is 15.1 Å². The van der Waals surface area contributed by atoms with E-state index >= 15 is 0 Å². The average Bonchev–Trinajstić information content (AvgIpc) is 2.71. The van der Waals surface area contributed by atoms with E-state index in [-0.39, 0.29) is 17.3 Å². The van der Waals surface area contributed by atoms with Crippen LogP contribution in [0, 0.1) is 31.0 Å². The van der Waals surface area contributed by atoms with Crippen LogP contribution in [0.1, 0.15) is 11.1 Å². The van der Waals surface area contributed by atoms with Gasteiger partial charge in [-0.15, -0.1) is 0 Å². The minimum absolute atomic E-state index is 0.0814. The molecule has 0 aliphatic carbocycles. The SMILES string of the molecule is Cc1cccc(C)c1N/C=C(/C#N)C(=O)N1CCN(c2ccc(F)cc2)CC1. The van der Waals surface area contributed by atoms with Gasteiger partial charge in [0.2, 0.25) is 0 Å². The van der Waals surface area contributed by atoms with E-state index in [2.05, 4.69) is 10.2 Å². The number of nitrogens with one attached hydrogen (secondary N) is 1. The van der Waals surface area contributed by atoms with Gasteiger partial charge in [-0.1, -0.05) is 18.2 Å². The Balaban J connectivity index is 1.64. The summed E-state index contributed by atoms with van der Waals surface area (Å²) in [4.78, 5) is 16.5. The first-order valence-corrected chi connectivity index (χ1v) is 9.22. The molecule has 0 unspecified atom stereocenters. The molecule has 1 amide bonds. The second-order valence-electron chi connectivity index (χ2n) is 6.84. The predicted octanol–water partition coefficient (Wildman–Crippen LogP) is 3.61. The zero-order chi connectivity index (χ0) is 20.1. The van der Waals surface area contributed by atoms with Gasteiger partial charge in [-0.2, -0.15) is 5.26 Å². The highest BCUT2D eigenvalue weighted by atomic mass is 19.1. The highest BCUT2D eigenvalue weighted by Crippen LogP contribution is 2.20. The maximum Gasteiger partial charge on any atom is 0.266 e. The summed E-state index contributed by atoms with van der Waals surface area (Å²) >= 11 is 0. The van der Waals surface area contributed by atoms with Gasteiger partial charge in [0.25, 0.3) is 5.91 Å². The van der Waals surface area contributed by atoms with Crippen LogP contribution in [-0.4, -0.2) is 37.0 Å². The smallest absolute Gasteiger partial charge is 0.266 e. The number of para-hydroxylation sites is 1. The second-order valence-corrected chi connectivity index (χ2v) is 6.84. The first-order chi connectivity index (χ1) is 13.5. The second kappa shape index (κ2) is 8.57. The number of nitrogens with zero attached hydrogens (tertiary/aromatic N) is 3. The molecule has 1 heterocycles. The van der Waals surface area contributed by atoms with Crippen molar-refractivity contribution in [1.82, 2.24) is 4.90 Å². The Bertz CT molecular complexity index is 902. The molecule has 28 heavy (non-hydrogen) atoms. The first-order valence-electron chi connectivity index (χ1n) is 9.22. The number of halogens is 1. The molecule has 2 aromatic carbocycles. The highest BCUT2D eigenvalue weighted by molar-refractivity contribution is 5.97. The third-order valence-electron chi connectivity index (χ3n) is 4.95. The molecule has 0 aromatic heterocycles. The molecule has 6 heteroatoms. The molecular formula is C22H23FN4O. The van der Waals surface area contributed by atoms with Crippen molar-refractivity contribution in [2.75, 3.05) is 36.4 Å². The molecule has 0 spiro atoms. The number of benzene rings is 2. The molecule has 5 nitrogen and oxygen atoms in total. The lowest BCUT2D eigenvalue weighted by molar-refractivity contribution is -0.127. The number of anilines is 2. The molecule has 1 aliphatic rings. The number of nitriles is 1. The van der Waals surface area contributed by atoms with Crippen LogP contribution in [0.2, 0.25) is 0 Å². The monoisotopic (exact) mass is 378 g/mol. The Morgan fingerprint density at radius 3 is 2.25 bits per heavy atom. The van der Waals surface area contributed by atoms with E-state index < -0.39 is 0 Å². The van der Waals surface area contributed by atoms with E-state index in [0.29, 0.717) is 26.2 Å². The summed E-state index contributed by atoms with van der Waals surface area (Å²) in [6, 6.07) is 14.3. The summed E-state index contributed by atoms with van der Waals surface area (Å²) in [7, 11) is 0. The normalized spacial score (nSPS) is 14.6. The molecule has 0 bridgehead atoms. The summed E-state index contributed by atoms with van der Waals surface area (Å²) in [6.45, 7) is 6.26. The van der Waals surface area contributed by atoms with E-state index in [1.165, 1.54) is 18.3 Å². The molecule has 1 aliphatic heterocycles. The van der Waals surface area contributed by atoms with Crippen LogP contribution in [0.3, 0.4) is 0 Å². The molecule has 0 radical (unpaired) electrons. The van der Waals surface area contributed by atoms with E-state index in [4.69, 9.17) is 0 Å². The molecule has 0 atom stereocenters. The molecule has 3 rings (SSSR count). The standard InChI is InChI=1S/C22H23FN4O/c1-16-4-3-5-17(2)21(16)25-15-18(14-24)22(28)27-12-10-26(11-13-27)20-8-6-19(23)7-9-20/h3-9,15,25H,10-13H2,1-2H3/b18-15-. The topological polar surface area (TPSA) is 59.4 Å². The molecule has 0 saturated carbocycles. The maximum absolute atomic E-state index is 13.1. The number of amides is 1. The summed E-state index contributed by atoms with van der Waals surface area (Å²) in [5.41, 5.74) is 4.02. The number of carbonyl (C=O) groups excluding carboxylic acids is 1. The van der Waals surface area contributed by atoms with E-state index in [1.807, 2.05) is 38.1 Å². The molecular weight excluding hydrogens is 355 g/mol. The lowest BCUT2D eigenvalue weighted by Crippen LogP contribution is -2.49. The van der Waals surface area contributed by atoms with Crippen molar-refractivity contribution < 1.29 is 9.18 Å². The van der Waals surface area contributed by atoms with Crippen LogP contribution < -0.4 is 10.2 Å². The fourth-order valence-corrected chi connectivity index (χ4v) is 3.32. The Labute approximate surface area is 164 Å². The molecule has 1 saturated heterocycles. The van der Waals surface area contributed by atoms with Crippen LogP contribution >= 0.6 is 0 Å². The maximum atomic E-state index is 13.1. The quantitative estimate of drug-likeness (QED) is 0.652. The van der Waals surface area contributed by atoms with Gasteiger partial charge in [0.15, 0.2) is 0 Å². The number of rotatable bonds is 4. The third kappa shape index (κ3) is 4.32. The molecule has 1 fully saturated rings. The predicted molar refractivity (Wildman–Crippen MR) is 108 cm³/mol. The summed E-state index contributed by atoms with van der Waals surface area (Å²) in [6.07, 6.45) is 1.49. The third-order valence-corrected chi connectivity index (χ3v) is 4.95. The van der Waals surface area contributed by atoms with E-state index in [9.17, 15) is 14.4 Å². The van der Waals surface area contributed by atoms with Gasteiger partial charge in [-0.3, -0.25) is 4.79 Å². The van der Waals surface area contributed by atoms with Crippen molar-refractivity contribution in [1.29, 1.82) is 5.26 Å². The molecule has 2 aromatic rings. The minimum atomic E-state index is -0.278. The number of piperazine rings is 1. The lowest BCUT2D eigenvalue weighted by Gasteiger charge is -2.36. The zero-order valence-electron chi connectivity index (χ0n) is 16.1. The Morgan fingerprint density at radius 2 is 1.68 bits per heavy atom. The molecule has 144 valence electrons. The number of aryl methyl sites for hydroxylation is 2. The zero-order valence-corrected chi connectivity index (χ0v) is 16.1. The van der Waals surface area contributed by atoms with Crippen LogP contribution in [0.4, 0.5) is 15.8 Å². The van der Waals surface area contributed by atoms with Crippen molar-refractivity contribution in [3.63, 3.8) is 0 Å².